The van der Waals surface area contributed by atoms with Crippen LogP contribution in [-0.2, 0) is 4.79 Å². The van der Waals surface area contributed by atoms with Gasteiger partial charge in [0, 0.05) is 7.05 Å². The first-order chi connectivity index (χ1) is 9.73. The van der Waals surface area contributed by atoms with Crippen LogP contribution in [0.2, 0.25) is 0 Å². The van der Waals surface area contributed by atoms with E-state index >= 15 is 0 Å². The van der Waals surface area contributed by atoms with Gasteiger partial charge in [-0.25, -0.2) is 0 Å². The van der Waals surface area contributed by atoms with Crippen LogP contribution in [0.3, 0.4) is 0 Å². The molecule has 2 rings (SSSR count). The summed E-state index contributed by atoms with van der Waals surface area (Å²) in [7, 11) is 1.43. The molecule has 0 bridgehead atoms. The van der Waals surface area contributed by atoms with E-state index in [9.17, 15) is 22.8 Å². The summed E-state index contributed by atoms with van der Waals surface area (Å²) in [6.07, 6.45) is -4.45. The lowest BCUT2D eigenvalue weighted by molar-refractivity contribution is -0.274. The van der Waals surface area contributed by atoms with Gasteiger partial charge in [0.2, 0.25) is 5.91 Å². The van der Waals surface area contributed by atoms with Crippen LogP contribution in [0.4, 0.5) is 18.9 Å². The molecule has 0 saturated carbocycles. The Kier molecular flexibility index (Phi) is 3.80. The summed E-state index contributed by atoms with van der Waals surface area (Å²) < 4.78 is 40.4. The molecule has 2 amide bonds. The van der Waals surface area contributed by atoms with Gasteiger partial charge in [-0.3, -0.25) is 9.59 Å². The molecule has 0 spiro atoms. The van der Waals surface area contributed by atoms with Gasteiger partial charge in [0.15, 0.2) is 0 Å². The fraction of sp³-hybridized carbons (Fsp3) is 0.385. The average Bonchev–Trinajstić information content (AvgIpc) is 2.46. The summed E-state index contributed by atoms with van der Waals surface area (Å²) in [6.45, 7) is 1.74. The largest absolute Gasteiger partial charge is 0.573 e. The Balaban J connectivity index is 2.42. The molecule has 1 heterocycles. The van der Waals surface area contributed by atoms with Crippen molar-refractivity contribution in [3.63, 3.8) is 0 Å². The van der Waals surface area contributed by atoms with Crippen LogP contribution < -0.4 is 10.1 Å². The Morgan fingerprint density at radius 1 is 1.33 bits per heavy atom. The standard InChI is InChI=1S/C13H13F3N2O3/c1-3-10-11(19)17-9-5-4-7(21-13(14,15)16)6-8(9)12(20)18(10)2/h4-6,10H,3H2,1-2H3,(H,17,19). The lowest BCUT2D eigenvalue weighted by atomic mass is 10.1. The van der Waals surface area contributed by atoms with E-state index in [0.717, 1.165) is 12.1 Å². The summed E-state index contributed by atoms with van der Waals surface area (Å²) in [5.41, 5.74) is 0.130. The van der Waals surface area contributed by atoms with Crippen molar-refractivity contribution in [1.82, 2.24) is 4.90 Å². The number of nitrogens with one attached hydrogen (secondary N) is 1. The van der Waals surface area contributed by atoms with Crippen molar-refractivity contribution < 1.29 is 27.5 Å². The zero-order chi connectivity index (χ0) is 15.8. The molecule has 0 fully saturated rings. The number of anilines is 1. The lowest BCUT2D eigenvalue weighted by Crippen LogP contribution is -2.42. The topological polar surface area (TPSA) is 58.6 Å². The number of rotatable bonds is 2. The maximum Gasteiger partial charge on any atom is 0.573 e. The molecule has 0 aliphatic carbocycles. The van der Waals surface area contributed by atoms with Gasteiger partial charge in [0.1, 0.15) is 11.8 Å². The third-order valence-corrected chi connectivity index (χ3v) is 3.19. The number of hydrogen-bond acceptors (Lipinski definition) is 3. The predicted octanol–water partition coefficient (Wildman–Crippen LogP) is 2.39. The Hall–Kier alpha value is -2.25. The van der Waals surface area contributed by atoms with E-state index in [1.165, 1.54) is 18.0 Å². The SMILES string of the molecule is CCC1C(=O)Nc2ccc(OC(F)(F)F)cc2C(=O)N1C. The van der Waals surface area contributed by atoms with Crippen LogP contribution in [-0.4, -0.2) is 36.2 Å². The third kappa shape index (κ3) is 3.09. The molecular weight excluding hydrogens is 289 g/mol. The summed E-state index contributed by atoms with van der Waals surface area (Å²) in [5.74, 6) is -1.42. The molecule has 5 nitrogen and oxygen atoms in total. The number of nitrogens with zero attached hydrogens (tertiary/aromatic N) is 1. The van der Waals surface area contributed by atoms with Gasteiger partial charge >= 0.3 is 6.36 Å². The van der Waals surface area contributed by atoms with Gasteiger partial charge in [-0.2, -0.15) is 0 Å². The second-order valence-electron chi connectivity index (χ2n) is 4.58. The van der Waals surface area contributed by atoms with E-state index in [0.29, 0.717) is 6.42 Å². The molecule has 8 heteroatoms. The summed E-state index contributed by atoms with van der Waals surface area (Å²) >= 11 is 0. The fourth-order valence-corrected chi connectivity index (χ4v) is 2.19. The van der Waals surface area contributed by atoms with E-state index in [2.05, 4.69) is 10.1 Å². The van der Waals surface area contributed by atoms with E-state index in [4.69, 9.17) is 0 Å². The number of alkyl halides is 3. The van der Waals surface area contributed by atoms with E-state index in [1.54, 1.807) is 6.92 Å². The summed E-state index contributed by atoms with van der Waals surface area (Å²) in [4.78, 5) is 25.4. The van der Waals surface area contributed by atoms with Crippen molar-refractivity contribution in [2.24, 2.45) is 0 Å². The van der Waals surface area contributed by atoms with Crippen molar-refractivity contribution >= 4 is 17.5 Å². The molecule has 1 aromatic carbocycles. The van der Waals surface area contributed by atoms with Crippen molar-refractivity contribution in [1.29, 1.82) is 0 Å². The number of amides is 2. The highest BCUT2D eigenvalue weighted by Crippen LogP contribution is 2.30. The molecule has 0 radical (unpaired) electrons. The highest BCUT2D eigenvalue weighted by atomic mass is 19.4. The smallest absolute Gasteiger partial charge is 0.406 e. The van der Waals surface area contributed by atoms with Gasteiger partial charge in [-0.15, -0.1) is 13.2 Å². The maximum atomic E-state index is 12.3. The Bertz CT molecular complexity index is 587. The van der Waals surface area contributed by atoms with Crippen molar-refractivity contribution in [3.8, 4) is 5.75 Å². The number of ether oxygens (including phenoxy) is 1. The molecule has 1 N–H and O–H groups in total. The van der Waals surface area contributed by atoms with Gasteiger partial charge < -0.3 is 15.0 Å². The zero-order valence-corrected chi connectivity index (χ0v) is 11.3. The number of carbonyl (C=O) groups excluding carboxylic acids is 2. The summed E-state index contributed by atoms with van der Waals surface area (Å²) in [6, 6.07) is 2.57. The second kappa shape index (κ2) is 5.27. The predicted molar refractivity (Wildman–Crippen MR) is 67.9 cm³/mol. The van der Waals surface area contributed by atoms with Crippen LogP contribution in [0.5, 0.6) is 5.75 Å². The number of benzene rings is 1. The van der Waals surface area contributed by atoms with E-state index < -0.39 is 24.1 Å². The Morgan fingerprint density at radius 2 is 2.00 bits per heavy atom. The van der Waals surface area contributed by atoms with Gasteiger partial charge in [-0.05, 0) is 24.6 Å². The molecule has 0 saturated heterocycles. The van der Waals surface area contributed by atoms with Crippen molar-refractivity contribution in [3.05, 3.63) is 23.8 Å². The number of likely N-dealkylation sites (N-methyl/N-ethyl adjacent to an activating group) is 1. The molecule has 1 aliphatic heterocycles. The van der Waals surface area contributed by atoms with Gasteiger partial charge in [0.05, 0.1) is 11.3 Å². The number of halogens is 3. The number of fused-ring (bicyclic) bond motifs is 1. The zero-order valence-electron chi connectivity index (χ0n) is 11.3. The summed E-state index contributed by atoms with van der Waals surface area (Å²) in [5, 5.41) is 2.54. The van der Waals surface area contributed by atoms with Crippen LogP contribution in [0.1, 0.15) is 23.7 Å². The minimum atomic E-state index is -4.84. The number of hydrogen-bond donors (Lipinski definition) is 1. The van der Waals surface area contributed by atoms with Crippen LogP contribution in [0.15, 0.2) is 18.2 Å². The van der Waals surface area contributed by atoms with E-state index in [-0.39, 0.29) is 17.2 Å². The Labute approximate surface area is 118 Å². The molecule has 114 valence electrons. The first-order valence-corrected chi connectivity index (χ1v) is 6.20. The highest BCUT2D eigenvalue weighted by molar-refractivity contribution is 6.09. The minimum Gasteiger partial charge on any atom is -0.406 e. The normalized spacial score (nSPS) is 18.9. The maximum absolute atomic E-state index is 12.3. The fourth-order valence-electron chi connectivity index (χ4n) is 2.19. The monoisotopic (exact) mass is 302 g/mol. The van der Waals surface area contributed by atoms with Crippen LogP contribution in [0.25, 0.3) is 0 Å². The molecule has 1 atom stereocenters. The first-order valence-electron chi connectivity index (χ1n) is 6.20. The molecule has 1 aromatic rings. The Morgan fingerprint density at radius 3 is 2.57 bits per heavy atom. The first kappa shape index (κ1) is 15.1. The van der Waals surface area contributed by atoms with Gasteiger partial charge in [-0.1, -0.05) is 6.92 Å². The van der Waals surface area contributed by atoms with Gasteiger partial charge in [0.25, 0.3) is 5.91 Å². The molecular formula is C13H13F3N2O3. The highest BCUT2D eigenvalue weighted by Gasteiger charge is 2.34. The van der Waals surface area contributed by atoms with Crippen molar-refractivity contribution in [2.75, 3.05) is 12.4 Å². The third-order valence-electron chi connectivity index (χ3n) is 3.19. The van der Waals surface area contributed by atoms with Crippen molar-refractivity contribution in [2.45, 2.75) is 25.7 Å². The van der Waals surface area contributed by atoms with Crippen LogP contribution in [0, 0.1) is 0 Å². The molecule has 21 heavy (non-hydrogen) atoms. The minimum absolute atomic E-state index is 0.0384. The average molecular weight is 302 g/mol. The quantitative estimate of drug-likeness (QED) is 0.912. The lowest BCUT2D eigenvalue weighted by Gasteiger charge is -2.22. The molecule has 1 unspecified atom stereocenters. The molecule has 0 aromatic heterocycles. The van der Waals surface area contributed by atoms with E-state index in [1.807, 2.05) is 0 Å². The molecule has 1 aliphatic rings. The van der Waals surface area contributed by atoms with Crippen LogP contribution >= 0.6 is 0 Å². The number of carbonyl (C=O) groups is 2. The second-order valence-corrected chi connectivity index (χ2v) is 4.58.